The molecule has 118 valence electrons. The molecule has 0 aliphatic rings. The maximum Gasteiger partial charge on any atom is 0.338 e. The molecule has 0 aliphatic carbocycles. The number of esters is 1. The van der Waals surface area contributed by atoms with E-state index >= 15 is 0 Å². The van der Waals surface area contributed by atoms with Crippen molar-refractivity contribution >= 4 is 25.7 Å². The molecule has 0 bridgehead atoms. The molecule has 0 fully saturated rings. The molecule has 1 aromatic rings. The molecule has 0 amide bonds. The molecule has 0 saturated carbocycles. The zero-order valence-corrected chi connectivity index (χ0v) is 14.6. The molecule has 21 heavy (non-hydrogen) atoms. The lowest BCUT2D eigenvalue weighted by Gasteiger charge is -2.18. The third-order valence-corrected chi connectivity index (χ3v) is 4.55. The van der Waals surface area contributed by atoms with Gasteiger partial charge in [0.15, 0.2) is 0 Å². The third kappa shape index (κ3) is 5.32. The van der Waals surface area contributed by atoms with E-state index in [9.17, 15) is 13.2 Å². The van der Waals surface area contributed by atoms with Gasteiger partial charge in [-0.1, -0.05) is 26.8 Å². The summed E-state index contributed by atoms with van der Waals surface area (Å²) in [7, 11) is 1.49. The van der Waals surface area contributed by atoms with Gasteiger partial charge in [0.2, 0.25) is 0 Å². The van der Waals surface area contributed by atoms with E-state index in [0.29, 0.717) is 17.7 Å². The minimum atomic E-state index is -3.89. The van der Waals surface area contributed by atoms with Crippen LogP contribution in [-0.4, -0.2) is 21.0 Å². The number of hydrogen-bond donors (Lipinski definition) is 0. The van der Waals surface area contributed by atoms with Gasteiger partial charge in [0.1, 0.15) is 0 Å². The molecule has 1 rings (SSSR count). The number of carbonyl (C=O) groups is 1. The van der Waals surface area contributed by atoms with Crippen molar-refractivity contribution in [3.8, 4) is 0 Å². The molecule has 0 aliphatic heterocycles. The predicted molar refractivity (Wildman–Crippen MR) is 83.3 cm³/mol. The quantitative estimate of drug-likeness (QED) is 0.621. The zero-order valence-electron chi connectivity index (χ0n) is 13.0. The Morgan fingerprint density at radius 1 is 1.19 bits per heavy atom. The molecule has 0 radical (unpaired) electrons. The SMILES string of the molecule is Cc1cc(C)c(S(=O)(=O)Cl)cc1C(=O)OCCC(C)(C)C. The summed E-state index contributed by atoms with van der Waals surface area (Å²) in [6.45, 7) is 9.82. The minimum Gasteiger partial charge on any atom is -0.462 e. The zero-order chi connectivity index (χ0) is 16.4. The van der Waals surface area contributed by atoms with E-state index < -0.39 is 15.0 Å². The Bertz CT molecular complexity index is 642. The van der Waals surface area contributed by atoms with E-state index in [-0.39, 0.29) is 15.9 Å². The smallest absolute Gasteiger partial charge is 0.338 e. The molecule has 4 nitrogen and oxygen atoms in total. The first-order valence-corrected chi connectivity index (χ1v) is 8.96. The van der Waals surface area contributed by atoms with Crippen LogP contribution in [0.4, 0.5) is 0 Å². The Morgan fingerprint density at radius 3 is 2.24 bits per heavy atom. The van der Waals surface area contributed by atoms with Gasteiger partial charge in [-0.2, -0.15) is 0 Å². The lowest BCUT2D eigenvalue weighted by atomic mass is 9.93. The van der Waals surface area contributed by atoms with E-state index in [4.69, 9.17) is 15.4 Å². The molecular formula is C15H21ClO4S. The molecule has 0 unspecified atom stereocenters. The van der Waals surface area contributed by atoms with Crippen LogP contribution in [0, 0.1) is 19.3 Å². The van der Waals surface area contributed by atoms with Crippen LogP contribution >= 0.6 is 10.7 Å². The van der Waals surface area contributed by atoms with Crippen molar-refractivity contribution in [1.82, 2.24) is 0 Å². The van der Waals surface area contributed by atoms with Gasteiger partial charge in [-0.05, 0) is 42.9 Å². The summed E-state index contributed by atoms with van der Waals surface area (Å²) in [6.07, 6.45) is 0.726. The lowest BCUT2D eigenvalue weighted by Crippen LogP contribution is -2.14. The van der Waals surface area contributed by atoms with Crippen LogP contribution in [0.25, 0.3) is 0 Å². The maximum absolute atomic E-state index is 12.1. The highest BCUT2D eigenvalue weighted by molar-refractivity contribution is 8.13. The van der Waals surface area contributed by atoms with Crippen LogP contribution in [0.3, 0.4) is 0 Å². The average molecular weight is 333 g/mol. The van der Waals surface area contributed by atoms with Crippen molar-refractivity contribution in [2.75, 3.05) is 6.61 Å². The Labute approximate surface area is 130 Å². The third-order valence-electron chi connectivity index (χ3n) is 3.09. The molecule has 0 spiro atoms. The van der Waals surface area contributed by atoms with E-state index in [0.717, 1.165) is 6.42 Å². The van der Waals surface area contributed by atoms with Crippen molar-refractivity contribution in [1.29, 1.82) is 0 Å². The highest BCUT2D eigenvalue weighted by Gasteiger charge is 2.20. The van der Waals surface area contributed by atoms with Crippen LogP contribution in [0.5, 0.6) is 0 Å². The first kappa shape index (κ1) is 18.0. The van der Waals surface area contributed by atoms with Crippen LogP contribution in [0.2, 0.25) is 0 Å². The van der Waals surface area contributed by atoms with Crippen LogP contribution < -0.4 is 0 Å². The summed E-state index contributed by atoms with van der Waals surface area (Å²) in [6, 6.07) is 2.90. The molecule has 0 heterocycles. The summed E-state index contributed by atoms with van der Waals surface area (Å²) in [5.74, 6) is -0.529. The largest absolute Gasteiger partial charge is 0.462 e. The van der Waals surface area contributed by atoms with Gasteiger partial charge in [0.25, 0.3) is 9.05 Å². The van der Waals surface area contributed by atoms with E-state index in [1.165, 1.54) is 6.07 Å². The number of hydrogen-bond acceptors (Lipinski definition) is 4. The van der Waals surface area contributed by atoms with Gasteiger partial charge in [0.05, 0.1) is 17.1 Å². The summed E-state index contributed by atoms with van der Waals surface area (Å²) in [4.78, 5) is 12.0. The van der Waals surface area contributed by atoms with Crippen LogP contribution in [0.15, 0.2) is 17.0 Å². The lowest BCUT2D eigenvalue weighted by molar-refractivity contribution is 0.0463. The highest BCUT2D eigenvalue weighted by atomic mass is 35.7. The van der Waals surface area contributed by atoms with Crippen molar-refractivity contribution in [2.24, 2.45) is 5.41 Å². The first-order chi connectivity index (χ1) is 9.42. The number of ether oxygens (including phenoxy) is 1. The molecule has 1 aromatic carbocycles. The van der Waals surface area contributed by atoms with Crippen LogP contribution in [-0.2, 0) is 13.8 Å². The fourth-order valence-corrected chi connectivity index (χ4v) is 3.04. The Hall–Kier alpha value is -1.07. The Morgan fingerprint density at radius 2 is 1.76 bits per heavy atom. The van der Waals surface area contributed by atoms with Gasteiger partial charge >= 0.3 is 5.97 Å². The van der Waals surface area contributed by atoms with E-state index in [1.807, 2.05) is 0 Å². The number of aryl methyl sites for hydroxylation is 2. The predicted octanol–water partition coefficient (Wildman–Crippen LogP) is 3.82. The monoisotopic (exact) mass is 332 g/mol. The molecule has 6 heteroatoms. The van der Waals surface area contributed by atoms with E-state index in [2.05, 4.69) is 20.8 Å². The van der Waals surface area contributed by atoms with Crippen molar-refractivity contribution in [2.45, 2.75) is 45.9 Å². The second-order valence-corrected chi connectivity index (χ2v) is 8.85. The number of rotatable bonds is 4. The molecule has 0 aromatic heterocycles. The summed E-state index contributed by atoms with van der Waals surface area (Å²) in [5.41, 5.74) is 1.47. The van der Waals surface area contributed by atoms with Gasteiger partial charge in [-0.3, -0.25) is 0 Å². The highest BCUT2D eigenvalue weighted by Crippen LogP contribution is 2.24. The average Bonchev–Trinajstić information content (AvgIpc) is 2.24. The van der Waals surface area contributed by atoms with Gasteiger partial charge in [0, 0.05) is 10.7 Å². The Kier molecular flexibility index (Phi) is 5.45. The van der Waals surface area contributed by atoms with Crippen LogP contribution in [0.1, 0.15) is 48.7 Å². The van der Waals surface area contributed by atoms with Gasteiger partial charge in [-0.25, -0.2) is 13.2 Å². The number of benzene rings is 1. The molecular weight excluding hydrogens is 312 g/mol. The fourth-order valence-electron chi connectivity index (χ4n) is 1.84. The van der Waals surface area contributed by atoms with Crippen molar-refractivity contribution < 1.29 is 17.9 Å². The summed E-state index contributed by atoms with van der Waals surface area (Å²) in [5, 5.41) is 0. The minimum absolute atomic E-state index is 0.0578. The van der Waals surface area contributed by atoms with Crippen molar-refractivity contribution in [3.63, 3.8) is 0 Å². The second kappa shape index (κ2) is 6.36. The maximum atomic E-state index is 12.1. The van der Waals surface area contributed by atoms with E-state index in [1.54, 1.807) is 19.9 Å². The topological polar surface area (TPSA) is 60.4 Å². The standard InChI is InChI=1S/C15H21ClO4S/c1-10-8-11(2)13(21(16,18)19)9-12(10)14(17)20-7-6-15(3,4)5/h8-9H,6-7H2,1-5H3. The molecule has 0 N–H and O–H groups in total. The number of halogens is 1. The normalized spacial score (nSPS) is 12.3. The van der Waals surface area contributed by atoms with Crippen molar-refractivity contribution in [3.05, 3.63) is 28.8 Å². The summed E-state index contributed by atoms with van der Waals surface area (Å²) < 4.78 is 28.2. The molecule has 0 saturated heterocycles. The second-order valence-electron chi connectivity index (χ2n) is 6.32. The number of carbonyl (C=O) groups excluding carboxylic acids is 1. The molecule has 0 atom stereocenters. The van der Waals surface area contributed by atoms with Gasteiger partial charge in [-0.15, -0.1) is 0 Å². The summed E-state index contributed by atoms with van der Waals surface area (Å²) >= 11 is 0. The van der Waals surface area contributed by atoms with Gasteiger partial charge < -0.3 is 4.74 Å². The fraction of sp³-hybridized carbons (Fsp3) is 0.533. The Balaban J connectivity index is 3.00. The first-order valence-electron chi connectivity index (χ1n) is 6.65.